The molecule has 4 nitrogen and oxygen atoms in total. The minimum atomic E-state index is -0.00313. The summed E-state index contributed by atoms with van der Waals surface area (Å²) >= 11 is 0. The van der Waals surface area contributed by atoms with Crippen molar-refractivity contribution in [3.8, 4) is 0 Å². The zero-order valence-corrected chi connectivity index (χ0v) is 11.7. The zero-order chi connectivity index (χ0) is 13.9. The average Bonchev–Trinajstić information content (AvgIpc) is 2.90. The van der Waals surface area contributed by atoms with Crippen LogP contribution < -0.4 is 5.32 Å². The normalized spacial score (nSPS) is 17.8. The summed E-state index contributed by atoms with van der Waals surface area (Å²) in [5.41, 5.74) is 3.57. The first-order valence-corrected chi connectivity index (χ1v) is 7.03. The summed E-state index contributed by atoms with van der Waals surface area (Å²) in [6.45, 7) is 1.62. The van der Waals surface area contributed by atoms with Crippen LogP contribution in [-0.2, 0) is 24.8 Å². The minimum absolute atomic E-state index is 0.00313. The molecule has 0 aliphatic carbocycles. The summed E-state index contributed by atoms with van der Waals surface area (Å²) in [4.78, 5) is 12.5. The average molecular weight is 269 g/mol. The van der Waals surface area contributed by atoms with Gasteiger partial charge in [0.05, 0.1) is 12.1 Å². The van der Waals surface area contributed by atoms with E-state index in [4.69, 9.17) is 0 Å². The van der Waals surface area contributed by atoms with Gasteiger partial charge in [-0.05, 0) is 23.1 Å². The molecular formula is C16H19N3O. The Kier molecular flexibility index (Phi) is 3.65. The highest BCUT2D eigenvalue weighted by atomic mass is 16.1. The molecule has 0 radical (unpaired) electrons. The molecule has 4 heteroatoms. The van der Waals surface area contributed by atoms with E-state index in [-0.39, 0.29) is 5.92 Å². The standard InChI is InChI=1S/C16H19N3O/c1-19-11-12(8-18-19)6-7-16(20)15-10-17-9-13-4-2-3-5-14(13)15/h2-5,8,11,15,17H,6-7,9-10H2,1H3. The smallest absolute Gasteiger partial charge is 0.141 e. The van der Waals surface area contributed by atoms with Crippen LogP contribution in [0.3, 0.4) is 0 Å². The van der Waals surface area contributed by atoms with Crippen LogP contribution in [0.4, 0.5) is 0 Å². The van der Waals surface area contributed by atoms with Gasteiger partial charge >= 0.3 is 0 Å². The lowest BCUT2D eigenvalue weighted by molar-refractivity contribution is -0.120. The van der Waals surface area contributed by atoms with Crippen LogP contribution in [0.5, 0.6) is 0 Å². The van der Waals surface area contributed by atoms with Gasteiger partial charge < -0.3 is 5.32 Å². The minimum Gasteiger partial charge on any atom is -0.312 e. The van der Waals surface area contributed by atoms with E-state index in [1.54, 1.807) is 4.68 Å². The lowest BCUT2D eigenvalue weighted by atomic mass is 9.86. The molecule has 1 aliphatic rings. The van der Waals surface area contributed by atoms with E-state index in [9.17, 15) is 4.79 Å². The van der Waals surface area contributed by atoms with Crippen molar-refractivity contribution in [2.45, 2.75) is 25.3 Å². The van der Waals surface area contributed by atoms with Crippen LogP contribution in [0.15, 0.2) is 36.7 Å². The van der Waals surface area contributed by atoms with E-state index in [1.165, 1.54) is 11.1 Å². The Morgan fingerprint density at radius 1 is 1.45 bits per heavy atom. The van der Waals surface area contributed by atoms with Crippen molar-refractivity contribution in [1.82, 2.24) is 15.1 Å². The number of nitrogens with one attached hydrogen (secondary N) is 1. The van der Waals surface area contributed by atoms with Gasteiger partial charge in [-0.3, -0.25) is 9.48 Å². The molecule has 0 saturated heterocycles. The van der Waals surface area contributed by atoms with Gasteiger partial charge in [-0.25, -0.2) is 0 Å². The number of hydrogen-bond donors (Lipinski definition) is 1. The van der Waals surface area contributed by atoms with Crippen molar-refractivity contribution in [1.29, 1.82) is 0 Å². The second-order valence-corrected chi connectivity index (χ2v) is 5.37. The molecule has 104 valence electrons. The third kappa shape index (κ3) is 2.65. The number of nitrogens with zero attached hydrogens (tertiary/aromatic N) is 2. The number of aryl methyl sites for hydroxylation is 2. The molecule has 0 bridgehead atoms. The van der Waals surface area contributed by atoms with Gasteiger partial charge in [-0.1, -0.05) is 24.3 Å². The molecule has 1 unspecified atom stereocenters. The van der Waals surface area contributed by atoms with Gasteiger partial charge in [0.1, 0.15) is 5.78 Å². The zero-order valence-electron chi connectivity index (χ0n) is 11.7. The van der Waals surface area contributed by atoms with Gasteiger partial charge in [0.2, 0.25) is 0 Å². The molecule has 2 heterocycles. The maximum atomic E-state index is 12.5. The van der Waals surface area contributed by atoms with Gasteiger partial charge in [-0.2, -0.15) is 5.10 Å². The number of fused-ring (bicyclic) bond motifs is 1. The molecule has 1 aromatic carbocycles. The Balaban J connectivity index is 1.69. The van der Waals surface area contributed by atoms with Crippen molar-refractivity contribution >= 4 is 5.78 Å². The van der Waals surface area contributed by atoms with Crippen LogP contribution in [0.2, 0.25) is 0 Å². The van der Waals surface area contributed by atoms with Crippen molar-refractivity contribution in [2.24, 2.45) is 7.05 Å². The molecular weight excluding hydrogens is 250 g/mol. The largest absolute Gasteiger partial charge is 0.312 e. The Bertz CT molecular complexity index is 618. The Hall–Kier alpha value is -1.94. The molecule has 0 amide bonds. The topological polar surface area (TPSA) is 46.9 Å². The lowest BCUT2D eigenvalue weighted by Gasteiger charge is -2.25. The third-order valence-electron chi connectivity index (χ3n) is 3.90. The molecule has 3 rings (SSSR count). The number of benzene rings is 1. The fourth-order valence-electron chi connectivity index (χ4n) is 2.83. The molecule has 0 fully saturated rings. The fraction of sp³-hybridized carbons (Fsp3) is 0.375. The van der Waals surface area contributed by atoms with Crippen LogP contribution in [0, 0.1) is 0 Å². The summed E-state index contributed by atoms with van der Waals surface area (Å²) in [5.74, 6) is 0.310. The second-order valence-electron chi connectivity index (χ2n) is 5.37. The first kappa shape index (κ1) is 13.1. The van der Waals surface area contributed by atoms with E-state index < -0.39 is 0 Å². The first-order chi connectivity index (χ1) is 9.74. The molecule has 1 atom stereocenters. The summed E-state index contributed by atoms with van der Waals surface area (Å²) in [6, 6.07) is 8.24. The van der Waals surface area contributed by atoms with Gasteiger partial charge in [-0.15, -0.1) is 0 Å². The maximum absolute atomic E-state index is 12.5. The molecule has 2 aromatic rings. The third-order valence-corrected chi connectivity index (χ3v) is 3.90. The van der Waals surface area contributed by atoms with E-state index in [0.29, 0.717) is 12.2 Å². The lowest BCUT2D eigenvalue weighted by Crippen LogP contribution is -2.32. The highest BCUT2D eigenvalue weighted by molar-refractivity contribution is 5.86. The number of carbonyl (C=O) groups is 1. The van der Waals surface area contributed by atoms with Crippen LogP contribution in [0.1, 0.15) is 29.0 Å². The van der Waals surface area contributed by atoms with E-state index in [0.717, 1.165) is 25.1 Å². The molecule has 0 spiro atoms. The highest BCUT2D eigenvalue weighted by Gasteiger charge is 2.25. The van der Waals surface area contributed by atoms with Crippen molar-refractivity contribution in [3.63, 3.8) is 0 Å². The maximum Gasteiger partial charge on any atom is 0.141 e. The van der Waals surface area contributed by atoms with Crippen molar-refractivity contribution < 1.29 is 4.79 Å². The number of aromatic nitrogens is 2. The summed E-state index contributed by atoms with van der Waals surface area (Å²) in [6.07, 6.45) is 5.15. The number of hydrogen-bond acceptors (Lipinski definition) is 3. The summed E-state index contributed by atoms with van der Waals surface area (Å²) in [7, 11) is 1.90. The Morgan fingerprint density at radius 2 is 2.30 bits per heavy atom. The summed E-state index contributed by atoms with van der Waals surface area (Å²) < 4.78 is 1.78. The van der Waals surface area contributed by atoms with Gasteiger partial charge in [0.25, 0.3) is 0 Å². The van der Waals surface area contributed by atoms with Crippen molar-refractivity contribution in [2.75, 3.05) is 6.54 Å². The van der Waals surface area contributed by atoms with Gasteiger partial charge in [0.15, 0.2) is 0 Å². The van der Waals surface area contributed by atoms with Gasteiger partial charge in [0, 0.05) is 32.8 Å². The molecule has 1 aromatic heterocycles. The van der Waals surface area contributed by atoms with E-state index in [2.05, 4.69) is 22.5 Å². The van der Waals surface area contributed by atoms with Crippen molar-refractivity contribution in [3.05, 3.63) is 53.3 Å². The molecule has 20 heavy (non-hydrogen) atoms. The number of Topliss-reactive ketones (excluding diaryl/α,β-unsaturated/α-hetero) is 1. The monoisotopic (exact) mass is 269 g/mol. The summed E-state index contributed by atoms with van der Waals surface area (Å²) in [5, 5.41) is 7.47. The van der Waals surface area contributed by atoms with Crippen LogP contribution >= 0.6 is 0 Å². The first-order valence-electron chi connectivity index (χ1n) is 7.03. The SMILES string of the molecule is Cn1cc(CCC(=O)C2CNCc3ccccc32)cn1. The predicted octanol–water partition coefficient (Wildman–Crippen LogP) is 1.81. The Morgan fingerprint density at radius 3 is 3.10 bits per heavy atom. The predicted molar refractivity (Wildman–Crippen MR) is 77.4 cm³/mol. The number of ketones is 1. The molecule has 1 aliphatic heterocycles. The highest BCUT2D eigenvalue weighted by Crippen LogP contribution is 2.25. The van der Waals surface area contributed by atoms with E-state index >= 15 is 0 Å². The van der Waals surface area contributed by atoms with Crippen LogP contribution in [-0.4, -0.2) is 22.1 Å². The Labute approximate surface area is 118 Å². The molecule has 1 N–H and O–H groups in total. The number of rotatable bonds is 4. The quantitative estimate of drug-likeness (QED) is 0.921. The second kappa shape index (κ2) is 5.59. The fourth-order valence-corrected chi connectivity index (χ4v) is 2.83. The number of carbonyl (C=O) groups excluding carboxylic acids is 1. The molecule has 0 saturated carbocycles. The van der Waals surface area contributed by atoms with E-state index in [1.807, 2.05) is 31.6 Å². The van der Waals surface area contributed by atoms with Crippen LogP contribution in [0.25, 0.3) is 0 Å².